The second-order valence-corrected chi connectivity index (χ2v) is 8.55. The predicted octanol–water partition coefficient (Wildman–Crippen LogP) is 4.63. The highest BCUT2D eigenvalue weighted by atomic mass is 35.5. The fraction of sp³-hybridized carbons (Fsp3) is 0.409. The van der Waals surface area contributed by atoms with Crippen molar-refractivity contribution in [2.24, 2.45) is 0 Å². The number of carbonyl (C=O) groups excluding carboxylic acids is 1. The molecule has 1 atom stereocenters. The molecule has 0 spiro atoms. The maximum absolute atomic E-state index is 12.6. The third-order valence-corrected chi connectivity index (χ3v) is 6.47. The van der Waals surface area contributed by atoms with E-state index in [1.807, 2.05) is 33.0 Å². The van der Waals surface area contributed by atoms with Gasteiger partial charge in [-0.2, -0.15) is 0 Å². The van der Waals surface area contributed by atoms with Crippen molar-refractivity contribution in [3.8, 4) is 0 Å². The van der Waals surface area contributed by atoms with Gasteiger partial charge < -0.3 is 15.0 Å². The van der Waals surface area contributed by atoms with Gasteiger partial charge in [0.05, 0.1) is 17.6 Å². The smallest absolute Gasteiger partial charge is 0.236 e. The van der Waals surface area contributed by atoms with Crippen LogP contribution in [-0.4, -0.2) is 26.2 Å². The van der Waals surface area contributed by atoms with Crippen molar-refractivity contribution in [2.75, 3.05) is 30.5 Å². The molecule has 1 saturated heterocycles. The van der Waals surface area contributed by atoms with Crippen LogP contribution >= 0.6 is 11.6 Å². The summed E-state index contributed by atoms with van der Waals surface area (Å²) in [6, 6.07) is 12.2. The Balaban J connectivity index is 1.75. The molecule has 1 unspecified atom stereocenters. The number of carbonyl (C=O) groups is 1. The minimum absolute atomic E-state index is 0.124. The Morgan fingerprint density at radius 3 is 2.67 bits per heavy atom. The second-order valence-electron chi connectivity index (χ2n) is 8.14. The number of anilines is 2. The quantitative estimate of drug-likeness (QED) is 0.838. The first-order chi connectivity index (χ1) is 12.8. The SMILES string of the molecule is Cc1c(Cl)cccc1C1(Nc2ccc3c(c2)N(C)C(=O)C3(C)C)CCOC1. The highest BCUT2D eigenvalue weighted by molar-refractivity contribution is 6.31. The number of likely N-dealkylation sites (N-methyl/N-ethyl adjacent to an activating group) is 1. The van der Waals surface area contributed by atoms with Crippen LogP contribution in [-0.2, 0) is 20.5 Å². The van der Waals surface area contributed by atoms with Crippen LogP contribution in [0.1, 0.15) is 37.0 Å². The van der Waals surface area contributed by atoms with E-state index in [4.69, 9.17) is 16.3 Å². The summed E-state index contributed by atoms with van der Waals surface area (Å²) in [5.41, 5.74) is 4.45. The van der Waals surface area contributed by atoms with Gasteiger partial charge in [-0.05, 0) is 55.7 Å². The molecule has 2 aliphatic heterocycles. The van der Waals surface area contributed by atoms with Crippen LogP contribution in [0.4, 0.5) is 11.4 Å². The molecule has 1 fully saturated rings. The van der Waals surface area contributed by atoms with Crippen molar-refractivity contribution in [3.63, 3.8) is 0 Å². The average molecular weight is 385 g/mol. The molecule has 4 nitrogen and oxygen atoms in total. The number of nitrogens with zero attached hydrogens (tertiary/aromatic N) is 1. The lowest BCUT2D eigenvalue weighted by Crippen LogP contribution is -2.36. The van der Waals surface area contributed by atoms with E-state index >= 15 is 0 Å². The lowest BCUT2D eigenvalue weighted by molar-refractivity contribution is -0.121. The molecule has 1 N–H and O–H groups in total. The summed E-state index contributed by atoms with van der Waals surface area (Å²) >= 11 is 6.39. The minimum atomic E-state index is -0.486. The van der Waals surface area contributed by atoms with Crippen LogP contribution in [0, 0.1) is 6.92 Å². The van der Waals surface area contributed by atoms with Crippen LogP contribution in [0.5, 0.6) is 0 Å². The average Bonchev–Trinajstić information content (AvgIpc) is 3.17. The molecule has 27 heavy (non-hydrogen) atoms. The molecule has 2 aromatic carbocycles. The van der Waals surface area contributed by atoms with Crippen molar-refractivity contribution in [3.05, 3.63) is 58.1 Å². The first kappa shape index (κ1) is 18.3. The Kier molecular flexibility index (Phi) is 4.24. The summed E-state index contributed by atoms with van der Waals surface area (Å²) in [4.78, 5) is 14.3. The van der Waals surface area contributed by atoms with Gasteiger partial charge in [-0.15, -0.1) is 0 Å². The van der Waals surface area contributed by atoms with Gasteiger partial charge in [-0.3, -0.25) is 4.79 Å². The van der Waals surface area contributed by atoms with E-state index in [2.05, 4.69) is 36.5 Å². The van der Waals surface area contributed by atoms with Crippen molar-refractivity contribution >= 4 is 28.9 Å². The monoisotopic (exact) mass is 384 g/mol. The van der Waals surface area contributed by atoms with Crippen LogP contribution in [0.25, 0.3) is 0 Å². The molecular formula is C22H25ClN2O2. The second kappa shape index (κ2) is 6.25. The van der Waals surface area contributed by atoms with Crippen LogP contribution in [0.2, 0.25) is 5.02 Å². The fourth-order valence-corrected chi connectivity index (χ4v) is 4.58. The topological polar surface area (TPSA) is 41.6 Å². The summed E-state index contributed by atoms with van der Waals surface area (Å²) < 4.78 is 5.78. The van der Waals surface area contributed by atoms with Crippen molar-refractivity contribution in [2.45, 2.75) is 38.1 Å². The number of nitrogens with one attached hydrogen (secondary N) is 1. The standard InChI is InChI=1S/C22H25ClN2O2/c1-14-16(6-5-7-18(14)23)22(10-11-27-13-22)24-15-8-9-17-19(12-15)25(4)20(26)21(17,2)3/h5-9,12,24H,10-11,13H2,1-4H3. The van der Waals surface area contributed by atoms with E-state index in [-0.39, 0.29) is 11.4 Å². The zero-order valence-electron chi connectivity index (χ0n) is 16.2. The number of hydrogen-bond acceptors (Lipinski definition) is 3. The molecule has 142 valence electrons. The first-order valence-electron chi connectivity index (χ1n) is 9.30. The van der Waals surface area contributed by atoms with Crippen LogP contribution in [0.3, 0.4) is 0 Å². The maximum Gasteiger partial charge on any atom is 0.236 e. The zero-order valence-corrected chi connectivity index (χ0v) is 17.0. The summed E-state index contributed by atoms with van der Waals surface area (Å²) in [6.07, 6.45) is 0.867. The molecule has 2 aliphatic rings. The molecule has 4 rings (SSSR count). The maximum atomic E-state index is 12.6. The molecule has 2 heterocycles. The summed E-state index contributed by atoms with van der Waals surface area (Å²) in [5, 5.41) is 4.47. The molecular weight excluding hydrogens is 360 g/mol. The highest BCUT2D eigenvalue weighted by Crippen LogP contribution is 2.44. The Bertz CT molecular complexity index is 917. The molecule has 5 heteroatoms. The fourth-order valence-electron chi connectivity index (χ4n) is 4.40. The van der Waals surface area contributed by atoms with E-state index in [0.29, 0.717) is 13.2 Å². The van der Waals surface area contributed by atoms with E-state index in [1.54, 1.807) is 4.90 Å². The Morgan fingerprint density at radius 1 is 1.19 bits per heavy atom. The first-order valence-corrected chi connectivity index (χ1v) is 9.68. The summed E-state index contributed by atoms with van der Waals surface area (Å²) in [7, 11) is 1.84. The lowest BCUT2D eigenvalue weighted by Gasteiger charge is -2.32. The van der Waals surface area contributed by atoms with Gasteiger partial charge in [0.2, 0.25) is 5.91 Å². The number of rotatable bonds is 3. The molecule has 0 bridgehead atoms. The molecule has 0 saturated carbocycles. The van der Waals surface area contributed by atoms with Gasteiger partial charge >= 0.3 is 0 Å². The normalized spacial score (nSPS) is 23.6. The molecule has 0 radical (unpaired) electrons. The third-order valence-electron chi connectivity index (χ3n) is 6.06. The largest absolute Gasteiger partial charge is 0.379 e. The number of fused-ring (bicyclic) bond motifs is 1. The third kappa shape index (κ3) is 2.74. The number of halogens is 1. The van der Waals surface area contributed by atoms with Gasteiger partial charge in [-0.25, -0.2) is 0 Å². The van der Waals surface area contributed by atoms with Gasteiger partial charge in [0, 0.05) is 36.5 Å². The van der Waals surface area contributed by atoms with Crippen molar-refractivity contribution in [1.82, 2.24) is 0 Å². The molecule has 1 amide bonds. The van der Waals surface area contributed by atoms with E-state index in [1.165, 1.54) is 0 Å². The van der Waals surface area contributed by atoms with Gasteiger partial charge in [-0.1, -0.05) is 29.8 Å². The number of ether oxygens (including phenoxy) is 1. The zero-order chi connectivity index (χ0) is 19.4. The van der Waals surface area contributed by atoms with Gasteiger partial charge in [0.1, 0.15) is 0 Å². The van der Waals surface area contributed by atoms with Crippen molar-refractivity contribution in [1.29, 1.82) is 0 Å². The Labute approximate surface area is 165 Å². The highest BCUT2D eigenvalue weighted by Gasteiger charge is 2.43. The summed E-state index contributed by atoms with van der Waals surface area (Å²) in [6.45, 7) is 7.30. The van der Waals surface area contributed by atoms with E-state index in [0.717, 1.165) is 39.5 Å². The molecule has 0 aliphatic carbocycles. The molecule has 2 aromatic rings. The van der Waals surface area contributed by atoms with E-state index < -0.39 is 5.41 Å². The van der Waals surface area contributed by atoms with Crippen molar-refractivity contribution < 1.29 is 9.53 Å². The van der Waals surface area contributed by atoms with Crippen LogP contribution in [0.15, 0.2) is 36.4 Å². The number of benzene rings is 2. The predicted molar refractivity (Wildman–Crippen MR) is 110 cm³/mol. The van der Waals surface area contributed by atoms with Gasteiger partial charge in [0.25, 0.3) is 0 Å². The molecule has 0 aromatic heterocycles. The number of amides is 1. The summed E-state index contributed by atoms with van der Waals surface area (Å²) in [5.74, 6) is 0.124. The lowest BCUT2D eigenvalue weighted by atomic mass is 9.84. The number of hydrogen-bond donors (Lipinski definition) is 1. The van der Waals surface area contributed by atoms with Crippen LogP contribution < -0.4 is 10.2 Å². The Hall–Kier alpha value is -2.04. The van der Waals surface area contributed by atoms with Gasteiger partial charge in [0.15, 0.2) is 0 Å². The Morgan fingerprint density at radius 2 is 1.96 bits per heavy atom. The van der Waals surface area contributed by atoms with E-state index in [9.17, 15) is 4.79 Å². The minimum Gasteiger partial charge on any atom is -0.379 e.